The third kappa shape index (κ3) is 3.09. The van der Waals surface area contributed by atoms with Crippen molar-refractivity contribution in [1.29, 1.82) is 0 Å². The van der Waals surface area contributed by atoms with Crippen LogP contribution in [0.25, 0.3) is 0 Å². The van der Waals surface area contributed by atoms with Crippen LogP contribution in [0.2, 0.25) is 0 Å². The van der Waals surface area contributed by atoms with Gasteiger partial charge in [-0.3, -0.25) is 4.79 Å². The van der Waals surface area contributed by atoms with Crippen LogP contribution in [0.3, 0.4) is 0 Å². The molecule has 1 saturated heterocycles. The molecule has 5 fully saturated rings. The molecule has 4 nitrogen and oxygen atoms in total. The largest absolute Gasteiger partial charge is 0.393 e. The number of ether oxygens (including phenoxy) is 1. The molecular formula is C30H50O4. The number of hydrogen-bond acceptors (Lipinski definition) is 4. The molecule has 4 saturated carbocycles. The molecule has 0 aromatic carbocycles. The van der Waals surface area contributed by atoms with Gasteiger partial charge in [0, 0.05) is 11.8 Å². The molecule has 1 heterocycles. The SMILES string of the molecule is CC1(C)C(=O)CC[C@@]2(C)C1CC[C@]1(C)C2C(O)CC2[C@@H](C3(C)CC[C@@H](C(C)(C)O)O3)CC[C@]21C. The molecule has 4 aliphatic carbocycles. The molecule has 0 amide bonds. The predicted molar refractivity (Wildman–Crippen MR) is 134 cm³/mol. The topological polar surface area (TPSA) is 66.8 Å². The van der Waals surface area contributed by atoms with Crippen molar-refractivity contribution >= 4 is 5.78 Å². The molecule has 0 aromatic rings. The molecule has 34 heavy (non-hydrogen) atoms. The van der Waals surface area contributed by atoms with Crippen LogP contribution < -0.4 is 0 Å². The van der Waals surface area contributed by atoms with Crippen molar-refractivity contribution in [3.63, 3.8) is 0 Å². The van der Waals surface area contributed by atoms with Crippen molar-refractivity contribution in [2.75, 3.05) is 0 Å². The second kappa shape index (κ2) is 7.32. The number of fused-ring (bicyclic) bond motifs is 5. The number of aliphatic hydroxyl groups excluding tert-OH is 1. The Kier molecular flexibility index (Phi) is 5.42. The fraction of sp³-hybridized carbons (Fsp3) is 0.967. The van der Waals surface area contributed by atoms with E-state index < -0.39 is 5.60 Å². The van der Waals surface area contributed by atoms with E-state index in [0.717, 1.165) is 44.9 Å². The van der Waals surface area contributed by atoms with Gasteiger partial charge in [0.15, 0.2) is 0 Å². The van der Waals surface area contributed by atoms with Crippen LogP contribution in [0.4, 0.5) is 0 Å². The van der Waals surface area contributed by atoms with E-state index in [-0.39, 0.29) is 45.4 Å². The smallest absolute Gasteiger partial charge is 0.138 e. The molecule has 0 bridgehead atoms. The fourth-order valence-electron chi connectivity index (χ4n) is 11.0. The molecule has 4 heteroatoms. The average molecular weight is 475 g/mol. The highest BCUT2D eigenvalue weighted by atomic mass is 16.5. The van der Waals surface area contributed by atoms with Crippen LogP contribution in [-0.4, -0.2) is 39.4 Å². The zero-order chi connectivity index (χ0) is 25.1. The van der Waals surface area contributed by atoms with Crippen LogP contribution >= 0.6 is 0 Å². The maximum atomic E-state index is 12.9. The van der Waals surface area contributed by atoms with E-state index in [1.165, 1.54) is 6.42 Å². The van der Waals surface area contributed by atoms with Gasteiger partial charge in [0.05, 0.1) is 23.4 Å². The van der Waals surface area contributed by atoms with E-state index in [0.29, 0.717) is 30.0 Å². The van der Waals surface area contributed by atoms with Crippen LogP contribution in [0.15, 0.2) is 0 Å². The van der Waals surface area contributed by atoms with E-state index in [2.05, 4.69) is 41.5 Å². The zero-order valence-electron chi connectivity index (χ0n) is 23.0. The minimum Gasteiger partial charge on any atom is -0.393 e. The van der Waals surface area contributed by atoms with E-state index in [9.17, 15) is 15.0 Å². The van der Waals surface area contributed by atoms with Crippen LogP contribution in [-0.2, 0) is 9.53 Å². The van der Waals surface area contributed by atoms with Gasteiger partial charge < -0.3 is 14.9 Å². The van der Waals surface area contributed by atoms with E-state index in [1.807, 2.05) is 13.8 Å². The molecule has 1 aliphatic heterocycles. The van der Waals surface area contributed by atoms with Crippen LogP contribution in [0, 0.1) is 45.3 Å². The molecule has 5 aliphatic rings. The lowest BCUT2D eigenvalue weighted by Gasteiger charge is -2.70. The summed E-state index contributed by atoms with van der Waals surface area (Å²) in [6, 6.07) is 0. The maximum Gasteiger partial charge on any atom is 0.138 e. The summed E-state index contributed by atoms with van der Waals surface area (Å²) in [4.78, 5) is 12.9. The lowest BCUT2D eigenvalue weighted by molar-refractivity contribution is -0.243. The third-order valence-electron chi connectivity index (χ3n) is 13.0. The van der Waals surface area contributed by atoms with Gasteiger partial charge in [-0.1, -0.05) is 34.6 Å². The van der Waals surface area contributed by atoms with Crippen LogP contribution in [0.5, 0.6) is 0 Å². The van der Waals surface area contributed by atoms with Crippen molar-refractivity contribution in [2.45, 2.75) is 137 Å². The van der Waals surface area contributed by atoms with Gasteiger partial charge in [-0.25, -0.2) is 0 Å². The Morgan fingerprint density at radius 2 is 1.53 bits per heavy atom. The second-order valence-corrected chi connectivity index (χ2v) is 15.2. The van der Waals surface area contributed by atoms with E-state index >= 15 is 0 Å². The molecule has 0 radical (unpaired) electrons. The molecule has 194 valence electrons. The first-order chi connectivity index (χ1) is 15.5. The summed E-state index contributed by atoms with van der Waals surface area (Å²) in [7, 11) is 0. The Balaban J connectivity index is 1.49. The molecule has 0 aromatic heterocycles. The summed E-state index contributed by atoms with van der Waals surface area (Å²) in [5.41, 5.74) is -1.09. The highest BCUT2D eigenvalue weighted by Gasteiger charge is 2.72. The van der Waals surface area contributed by atoms with Crippen molar-refractivity contribution in [1.82, 2.24) is 0 Å². The number of carbonyl (C=O) groups is 1. The first-order valence-electron chi connectivity index (χ1n) is 14.1. The predicted octanol–water partition coefficient (Wildman–Crippen LogP) is 5.92. The first kappa shape index (κ1) is 25.2. The molecule has 2 N–H and O–H groups in total. The number of ketones is 1. The number of aliphatic hydroxyl groups is 2. The number of Topliss-reactive ketones (excluding diaryl/α,β-unsaturated/α-hetero) is 1. The van der Waals surface area contributed by atoms with E-state index in [1.54, 1.807) is 0 Å². The minimum atomic E-state index is -0.818. The lowest BCUT2D eigenvalue weighted by Crippen LogP contribution is -2.67. The Morgan fingerprint density at radius 1 is 0.882 bits per heavy atom. The highest BCUT2D eigenvalue weighted by molar-refractivity contribution is 5.85. The second-order valence-electron chi connectivity index (χ2n) is 15.2. The number of hydrogen-bond donors (Lipinski definition) is 2. The standard InChI is InChI=1S/C30H50O4/c1-25(2)21-10-15-29(7)24(27(21,5)13-11-22(25)32)20(31)17-19-18(9-14-28(19,29)6)30(8)16-12-23(34-30)26(3,4)33/h18-21,23-24,31,33H,9-17H2,1-8H3/t18-,19?,20?,21?,23-,24?,27-,28+,29+,30?/m0/s1. The molecule has 5 rings (SSSR count). The van der Waals surface area contributed by atoms with Crippen molar-refractivity contribution in [2.24, 2.45) is 45.3 Å². The minimum absolute atomic E-state index is 0.00958. The maximum absolute atomic E-state index is 12.9. The lowest BCUT2D eigenvalue weighted by atomic mass is 9.35. The molecule has 10 atom stereocenters. The molecule has 0 spiro atoms. The van der Waals surface area contributed by atoms with Gasteiger partial charge in [0.25, 0.3) is 0 Å². The Labute approximate surface area is 207 Å². The van der Waals surface area contributed by atoms with Gasteiger partial charge in [-0.05, 0) is 112 Å². The highest BCUT2D eigenvalue weighted by Crippen LogP contribution is 2.75. The summed E-state index contributed by atoms with van der Waals surface area (Å²) in [5.74, 6) is 1.88. The monoisotopic (exact) mass is 474 g/mol. The van der Waals surface area contributed by atoms with Gasteiger partial charge in [0.2, 0.25) is 0 Å². The van der Waals surface area contributed by atoms with Crippen molar-refractivity contribution in [3.8, 4) is 0 Å². The summed E-state index contributed by atoms with van der Waals surface area (Å²) in [5, 5.41) is 22.6. The average Bonchev–Trinajstić information content (AvgIpc) is 3.27. The van der Waals surface area contributed by atoms with Gasteiger partial charge in [0.1, 0.15) is 5.78 Å². The summed E-state index contributed by atoms with van der Waals surface area (Å²) in [6.07, 6.45) is 8.44. The van der Waals surface area contributed by atoms with Gasteiger partial charge >= 0.3 is 0 Å². The third-order valence-corrected chi connectivity index (χ3v) is 13.0. The Bertz CT molecular complexity index is 858. The van der Waals surface area contributed by atoms with Crippen molar-refractivity contribution < 1.29 is 19.7 Å². The molecule has 5 unspecified atom stereocenters. The van der Waals surface area contributed by atoms with Gasteiger partial charge in [-0.2, -0.15) is 0 Å². The summed E-state index contributed by atoms with van der Waals surface area (Å²) < 4.78 is 6.67. The van der Waals surface area contributed by atoms with E-state index in [4.69, 9.17) is 4.74 Å². The zero-order valence-corrected chi connectivity index (χ0v) is 23.0. The first-order valence-corrected chi connectivity index (χ1v) is 14.1. The van der Waals surface area contributed by atoms with Crippen molar-refractivity contribution in [3.05, 3.63) is 0 Å². The van der Waals surface area contributed by atoms with Gasteiger partial charge in [-0.15, -0.1) is 0 Å². The Morgan fingerprint density at radius 3 is 2.15 bits per heavy atom. The molecular weight excluding hydrogens is 424 g/mol. The number of carbonyl (C=O) groups excluding carboxylic acids is 1. The summed E-state index contributed by atoms with van der Waals surface area (Å²) in [6.45, 7) is 17.8. The normalized spacial score (nSPS) is 54.9. The van der Waals surface area contributed by atoms with Crippen LogP contribution in [0.1, 0.15) is 113 Å². The Hall–Kier alpha value is -0.450. The summed E-state index contributed by atoms with van der Waals surface area (Å²) >= 11 is 0. The quantitative estimate of drug-likeness (QED) is 0.521. The fourth-order valence-corrected chi connectivity index (χ4v) is 11.0. The number of rotatable bonds is 2.